The van der Waals surface area contributed by atoms with Crippen LogP contribution in [0.5, 0.6) is 5.75 Å². The maximum atomic E-state index is 9.63. The van der Waals surface area contributed by atoms with Crippen LogP contribution in [0.3, 0.4) is 0 Å². The predicted molar refractivity (Wildman–Crippen MR) is 83.6 cm³/mol. The number of phenols is 1. The summed E-state index contributed by atoms with van der Waals surface area (Å²) in [5.74, 6) is 1.10. The summed E-state index contributed by atoms with van der Waals surface area (Å²) in [6.07, 6.45) is 4.98. The molecule has 3 heteroatoms. The first-order chi connectivity index (χ1) is 9.59. The lowest BCUT2D eigenvalue weighted by molar-refractivity contribution is 0.0366. The summed E-state index contributed by atoms with van der Waals surface area (Å²) >= 11 is 0. The van der Waals surface area contributed by atoms with E-state index in [0.29, 0.717) is 5.75 Å². The van der Waals surface area contributed by atoms with E-state index in [4.69, 9.17) is 5.73 Å². The molecule has 3 N–H and O–H groups in total. The van der Waals surface area contributed by atoms with Gasteiger partial charge in [-0.05, 0) is 43.0 Å². The van der Waals surface area contributed by atoms with E-state index in [1.807, 2.05) is 12.1 Å². The molecule has 1 saturated carbocycles. The molecule has 1 aliphatic rings. The highest BCUT2D eigenvalue weighted by Gasteiger charge is 2.38. The second-order valence-corrected chi connectivity index (χ2v) is 6.31. The Hall–Kier alpha value is -1.06. The predicted octanol–water partition coefficient (Wildman–Crippen LogP) is 3.12. The Kier molecular flexibility index (Phi) is 5.06. The van der Waals surface area contributed by atoms with Crippen molar-refractivity contribution in [1.29, 1.82) is 0 Å². The molecule has 2 rings (SSSR count). The van der Waals surface area contributed by atoms with Crippen molar-refractivity contribution in [3.05, 3.63) is 29.8 Å². The highest BCUT2D eigenvalue weighted by atomic mass is 16.3. The molecule has 0 saturated heterocycles. The number of hydrogen-bond donors (Lipinski definition) is 2. The van der Waals surface area contributed by atoms with Crippen molar-refractivity contribution < 1.29 is 5.11 Å². The minimum atomic E-state index is 0.137. The van der Waals surface area contributed by atoms with E-state index in [1.54, 1.807) is 6.07 Å². The van der Waals surface area contributed by atoms with Crippen LogP contribution in [0.25, 0.3) is 0 Å². The molecule has 0 spiro atoms. The van der Waals surface area contributed by atoms with Crippen molar-refractivity contribution in [2.45, 2.75) is 51.6 Å². The summed E-state index contributed by atoms with van der Waals surface area (Å²) in [4.78, 5) is 2.51. The topological polar surface area (TPSA) is 49.5 Å². The fourth-order valence-electron chi connectivity index (χ4n) is 3.72. The van der Waals surface area contributed by atoms with Gasteiger partial charge in [-0.15, -0.1) is 0 Å². The lowest BCUT2D eigenvalue weighted by atomic mass is 9.75. The monoisotopic (exact) mass is 276 g/mol. The summed E-state index contributed by atoms with van der Waals surface area (Å²) < 4.78 is 0. The third-order valence-electron chi connectivity index (χ3n) is 4.78. The van der Waals surface area contributed by atoms with Gasteiger partial charge in [-0.3, -0.25) is 4.90 Å². The molecule has 112 valence electrons. The summed E-state index contributed by atoms with van der Waals surface area (Å²) in [5, 5.41) is 9.63. The zero-order valence-electron chi connectivity index (χ0n) is 12.8. The molecule has 20 heavy (non-hydrogen) atoms. The highest BCUT2D eigenvalue weighted by molar-refractivity contribution is 5.27. The Balaban J connectivity index is 2.17. The molecule has 1 aromatic carbocycles. The second kappa shape index (κ2) is 6.59. The Morgan fingerprint density at radius 1 is 1.45 bits per heavy atom. The molecule has 0 bridgehead atoms. The quantitative estimate of drug-likeness (QED) is 0.868. The Bertz CT molecular complexity index is 435. The van der Waals surface area contributed by atoms with Gasteiger partial charge in [0.05, 0.1) is 0 Å². The largest absolute Gasteiger partial charge is 0.508 e. The molecule has 1 aliphatic carbocycles. The van der Waals surface area contributed by atoms with E-state index < -0.39 is 0 Å². The lowest BCUT2D eigenvalue weighted by Crippen LogP contribution is -2.55. The summed E-state index contributed by atoms with van der Waals surface area (Å²) in [5.41, 5.74) is 7.47. The van der Waals surface area contributed by atoms with E-state index in [-0.39, 0.29) is 5.54 Å². The molecular weight excluding hydrogens is 248 g/mol. The number of nitrogens with zero attached hydrogens (tertiary/aromatic N) is 1. The van der Waals surface area contributed by atoms with E-state index in [1.165, 1.54) is 25.7 Å². The molecule has 2 unspecified atom stereocenters. The molecule has 0 aliphatic heterocycles. The lowest BCUT2D eigenvalue weighted by Gasteiger charge is -2.47. The van der Waals surface area contributed by atoms with Gasteiger partial charge in [-0.1, -0.05) is 38.8 Å². The third-order valence-corrected chi connectivity index (χ3v) is 4.78. The van der Waals surface area contributed by atoms with Crippen LogP contribution in [-0.4, -0.2) is 28.6 Å². The van der Waals surface area contributed by atoms with Crippen molar-refractivity contribution in [2.75, 3.05) is 13.1 Å². The first-order valence-electron chi connectivity index (χ1n) is 7.82. The van der Waals surface area contributed by atoms with E-state index in [2.05, 4.69) is 24.8 Å². The van der Waals surface area contributed by atoms with Crippen LogP contribution in [0.15, 0.2) is 24.3 Å². The molecule has 0 heterocycles. The van der Waals surface area contributed by atoms with Crippen LogP contribution in [-0.2, 0) is 6.54 Å². The maximum Gasteiger partial charge on any atom is 0.115 e. The Morgan fingerprint density at radius 2 is 2.25 bits per heavy atom. The molecular formula is C17H28N2O. The highest BCUT2D eigenvalue weighted by Crippen LogP contribution is 2.37. The van der Waals surface area contributed by atoms with E-state index in [0.717, 1.165) is 31.1 Å². The maximum absolute atomic E-state index is 9.63. The molecule has 0 amide bonds. The van der Waals surface area contributed by atoms with Gasteiger partial charge in [0.2, 0.25) is 0 Å². The van der Waals surface area contributed by atoms with Crippen molar-refractivity contribution in [3.63, 3.8) is 0 Å². The molecule has 3 nitrogen and oxygen atoms in total. The fourth-order valence-corrected chi connectivity index (χ4v) is 3.72. The van der Waals surface area contributed by atoms with E-state index in [9.17, 15) is 5.11 Å². The van der Waals surface area contributed by atoms with Gasteiger partial charge in [0, 0.05) is 18.6 Å². The number of benzene rings is 1. The first kappa shape index (κ1) is 15.3. The SMILES string of the molecule is CCN(Cc1cccc(O)c1)C1(CN)CCCC(C)C1. The van der Waals surface area contributed by atoms with Crippen molar-refractivity contribution in [1.82, 2.24) is 4.90 Å². The first-order valence-corrected chi connectivity index (χ1v) is 7.82. The van der Waals surface area contributed by atoms with Crippen LogP contribution < -0.4 is 5.73 Å². The van der Waals surface area contributed by atoms with Crippen LogP contribution in [0.4, 0.5) is 0 Å². The molecule has 0 radical (unpaired) electrons. The van der Waals surface area contributed by atoms with Gasteiger partial charge in [0.1, 0.15) is 5.75 Å². The van der Waals surface area contributed by atoms with Crippen LogP contribution in [0.2, 0.25) is 0 Å². The second-order valence-electron chi connectivity index (χ2n) is 6.31. The van der Waals surface area contributed by atoms with Crippen molar-refractivity contribution in [3.8, 4) is 5.75 Å². The standard InChI is InChI=1S/C17H28N2O/c1-3-19(12-15-7-4-8-16(20)10-15)17(13-18)9-5-6-14(2)11-17/h4,7-8,10,14,20H,3,5-6,9,11-13,18H2,1-2H3. The number of likely N-dealkylation sites (N-methyl/N-ethyl adjacent to an activating group) is 1. The molecule has 0 aromatic heterocycles. The average molecular weight is 276 g/mol. The average Bonchev–Trinajstić information content (AvgIpc) is 2.44. The van der Waals surface area contributed by atoms with E-state index >= 15 is 0 Å². The van der Waals surface area contributed by atoms with Crippen LogP contribution >= 0.6 is 0 Å². The van der Waals surface area contributed by atoms with Crippen LogP contribution in [0.1, 0.15) is 45.1 Å². The zero-order valence-corrected chi connectivity index (χ0v) is 12.8. The van der Waals surface area contributed by atoms with Gasteiger partial charge in [-0.25, -0.2) is 0 Å². The molecule has 1 fully saturated rings. The van der Waals surface area contributed by atoms with Gasteiger partial charge >= 0.3 is 0 Å². The molecule has 2 atom stereocenters. The fraction of sp³-hybridized carbons (Fsp3) is 0.647. The number of rotatable bonds is 5. The Morgan fingerprint density at radius 3 is 2.85 bits per heavy atom. The Labute approximate surface area is 122 Å². The number of aromatic hydroxyl groups is 1. The number of hydrogen-bond acceptors (Lipinski definition) is 3. The summed E-state index contributed by atoms with van der Waals surface area (Å²) in [7, 11) is 0. The van der Waals surface area contributed by atoms with Gasteiger partial charge < -0.3 is 10.8 Å². The van der Waals surface area contributed by atoms with Gasteiger partial charge in [-0.2, -0.15) is 0 Å². The van der Waals surface area contributed by atoms with Crippen LogP contribution in [0, 0.1) is 5.92 Å². The van der Waals surface area contributed by atoms with Gasteiger partial charge in [0.25, 0.3) is 0 Å². The smallest absolute Gasteiger partial charge is 0.115 e. The minimum absolute atomic E-state index is 0.137. The zero-order chi connectivity index (χ0) is 14.6. The summed E-state index contributed by atoms with van der Waals surface area (Å²) in [6, 6.07) is 7.58. The van der Waals surface area contributed by atoms with Crippen molar-refractivity contribution >= 4 is 0 Å². The normalized spacial score (nSPS) is 26.9. The molecule has 1 aromatic rings. The third kappa shape index (κ3) is 3.33. The minimum Gasteiger partial charge on any atom is -0.508 e. The number of phenolic OH excluding ortho intramolecular Hbond substituents is 1. The number of nitrogens with two attached hydrogens (primary N) is 1. The van der Waals surface area contributed by atoms with Crippen molar-refractivity contribution in [2.24, 2.45) is 11.7 Å². The van der Waals surface area contributed by atoms with Gasteiger partial charge in [0.15, 0.2) is 0 Å². The summed E-state index contributed by atoms with van der Waals surface area (Å²) in [6.45, 7) is 7.14.